The molecule has 5 nitrogen and oxygen atoms in total. The Hall–Kier alpha value is -1.41. The molecule has 2 rings (SSSR count). The zero-order valence-corrected chi connectivity index (χ0v) is 14.1. The molecule has 22 heavy (non-hydrogen) atoms. The van der Waals surface area contributed by atoms with Crippen molar-refractivity contribution in [3.05, 3.63) is 46.2 Å². The molecule has 7 heteroatoms. The van der Waals surface area contributed by atoms with Crippen molar-refractivity contribution in [1.29, 1.82) is 0 Å². The van der Waals surface area contributed by atoms with E-state index in [-0.39, 0.29) is 4.90 Å². The van der Waals surface area contributed by atoms with E-state index in [2.05, 4.69) is 4.72 Å². The van der Waals surface area contributed by atoms with Gasteiger partial charge in [0.1, 0.15) is 5.75 Å². The van der Waals surface area contributed by atoms with Gasteiger partial charge < -0.3 is 9.84 Å². The van der Waals surface area contributed by atoms with Crippen LogP contribution in [0.3, 0.4) is 0 Å². The van der Waals surface area contributed by atoms with Crippen LogP contribution < -0.4 is 9.46 Å². The Balaban J connectivity index is 1.97. The van der Waals surface area contributed by atoms with Gasteiger partial charge in [0.2, 0.25) is 10.0 Å². The zero-order chi connectivity index (χ0) is 16.2. The van der Waals surface area contributed by atoms with Gasteiger partial charge >= 0.3 is 0 Å². The molecular formula is C15H19NO4S2. The minimum Gasteiger partial charge on any atom is -0.497 e. The first-order valence-corrected chi connectivity index (χ1v) is 9.13. The Morgan fingerprint density at radius 1 is 1.32 bits per heavy atom. The quantitative estimate of drug-likeness (QED) is 0.810. The maximum Gasteiger partial charge on any atom is 0.240 e. The number of aliphatic hydroxyl groups is 1. The summed E-state index contributed by atoms with van der Waals surface area (Å²) < 4.78 is 32.0. The molecule has 0 fully saturated rings. The molecule has 1 heterocycles. The first-order valence-electron chi connectivity index (χ1n) is 6.83. The Labute approximate surface area is 134 Å². The molecule has 1 aromatic carbocycles. The summed E-state index contributed by atoms with van der Waals surface area (Å²) in [4.78, 5) is 2.09. The summed E-state index contributed by atoms with van der Waals surface area (Å²) in [6.07, 6.45) is 0.0906. The molecule has 1 atom stereocenters. The van der Waals surface area contributed by atoms with Crippen molar-refractivity contribution < 1.29 is 18.3 Å². The zero-order valence-electron chi connectivity index (χ0n) is 12.4. The highest BCUT2D eigenvalue weighted by atomic mass is 32.2. The smallest absolute Gasteiger partial charge is 0.240 e. The van der Waals surface area contributed by atoms with E-state index in [1.807, 2.05) is 12.1 Å². The fourth-order valence-corrected chi connectivity index (χ4v) is 3.93. The van der Waals surface area contributed by atoms with Crippen LogP contribution in [0, 0.1) is 0 Å². The van der Waals surface area contributed by atoms with Crippen LogP contribution in [0.1, 0.15) is 22.8 Å². The molecule has 0 saturated heterocycles. The van der Waals surface area contributed by atoms with E-state index < -0.39 is 16.1 Å². The largest absolute Gasteiger partial charge is 0.497 e. The van der Waals surface area contributed by atoms with Gasteiger partial charge in [0.05, 0.1) is 18.1 Å². The molecule has 2 N–H and O–H groups in total. The molecule has 0 aliphatic carbocycles. The van der Waals surface area contributed by atoms with Crippen LogP contribution >= 0.6 is 11.3 Å². The van der Waals surface area contributed by atoms with Crippen molar-refractivity contribution in [1.82, 2.24) is 4.72 Å². The fraction of sp³-hybridized carbons (Fsp3) is 0.333. The Morgan fingerprint density at radius 3 is 2.73 bits per heavy atom. The first-order chi connectivity index (χ1) is 10.4. The number of aliphatic hydroxyl groups excluding tert-OH is 1. The van der Waals surface area contributed by atoms with Gasteiger partial charge in [-0.15, -0.1) is 11.3 Å². The molecule has 2 aromatic rings. The molecule has 0 unspecified atom stereocenters. The molecule has 0 spiro atoms. The van der Waals surface area contributed by atoms with Crippen molar-refractivity contribution in [2.45, 2.75) is 24.3 Å². The molecule has 0 aliphatic heterocycles. The van der Waals surface area contributed by atoms with Crippen LogP contribution in [0.25, 0.3) is 0 Å². The molecule has 0 amide bonds. The normalized spacial score (nSPS) is 13.0. The lowest BCUT2D eigenvalue weighted by atomic mass is 10.3. The molecule has 0 bridgehead atoms. The van der Waals surface area contributed by atoms with Gasteiger partial charge in [-0.25, -0.2) is 13.1 Å². The predicted octanol–water partition coefficient (Wildman–Crippen LogP) is 2.33. The van der Waals surface area contributed by atoms with Crippen LogP contribution in [-0.2, 0) is 16.4 Å². The summed E-state index contributed by atoms with van der Waals surface area (Å²) in [7, 11) is -2.05. The standard InChI is InChI=1S/C15H19NO4S2/c1-11(17)15-7-6-13(21-15)8-9-16-22(18,19)14-5-3-4-12(10-14)20-2/h3-7,10-11,16-17H,8-9H2,1-2H3/t11-/m1/s1. The highest BCUT2D eigenvalue weighted by molar-refractivity contribution is 7.89. The van der Waals surface area contributed by atoms with Gasteiger partial charge in [0, 0.05) is 22.4 Å². The third kappa shape index (κ3) is 4.30. The van der Waals surface area contributed by atoms with E-state index in [9.17, 15) is 13.5 Å². The lowest BCUT2D eigenvalue weighted by Gasteiger charge is -2.07. The van der Waals surface area contributed by atoms with E-state index in [1.165, 1.54) is 30.6 Å². The van der Waals surface area contributed by atoms with Crippen LogP contribution in [-0.4, -0.2) is 27.2 Å². The predicted molar refractivity (Wildman–Crippen MR) is 86.8 cm³/mol. The highest BCUT2D eigenvalue weighted by Crippen LogP contribution is 2.23. The second-order valence-corrected chi connectivity index (χ2v) is 7.77. The summed E-state index contributed by atoms with van der Waals surface area (Å²) >= 11 is 1.49. The summed E-state index contributed by atoms with van der Waals surface area (Å²) in [6, 6.07) is 10.1. The number of thiophene rings is 1. The van der Waals surface area contributed by atoms with E-state index >= 15 is 0 Å². The lowest BCUT2D eigenvalue weighted by Crippen LogP contribution is -2.25. The summed E-state index contributed by atoms with van der Waals surface area (Å²) in [5.74, 6) is 0.503. The van der Waals surface area contributed by atoms with Crippen molar-refractivity contribution in [3.63, 3.8) is 0 Å². The third-order valence-electron chi connectivity index (χ3n) is 3.11. The monoisotopic (exact) mass is 341 g/mol. The van der Waals surface area contributed by atoms with E-state index in [0.717, 1.165) is 9.75 Å². The van der Waals surface area contributed by atoms with E-state index in [4.69, 9.17) is 4.74 Å². The molecular weight excluding hydrogens is 322 g/mol. The number of hydrogen-bond acceptors (Lipinski definition) is 5. The lowest BCUT2D eigenvalue weighted by molar-refractivity contribution is 0.203. The number of nitrogens with one attached hydrogen (secondary N) is 1. The van der Waals surface area contributed by atoms with E-state index in [0.29, 0.717) is 18.7 Å². The van der Waals surface area contributed by atoms with Gasteiger partial charge in [-0.3, -0.25) is 0 Å². The van der Waals surface area contributed by atoms with Gasteiger partial charge in [-0.2, -0.15) is 0 Å². The summed E-state index contributed by atoms with van der Waals surface area (Å²) in [5, 5.41) is 9.48. The minimum absolute atomic E-state index is 0.183. The minimum atomic E-state index is -3.55. The van der Waals surface area contributed by atoms with Crippen molar-refractivity contribution in [2.75, 3.05) is 13.7 Å². The SMILES string of the molecule is COc1cccc(S(=O)(=O)NCCc2ccc([C@@H](C)O)s2)c1. The van der Waals surface area contributed by atoms with E-state index in [1.54, 1.807) is 19.1 Å². The van der Waals surface area contributed by atoms with Gasteiger partial charge in [-0.05, 0) is 37.6 Å². The summed E-state index contributed by atoms with van der Waals surface area (Å²) in [6.45, 7) is 2.01. The number of rotatable bonds is 7. The second kappa shape index (κ2) is 7.23. The van der Waals surface area contributed by atoms with Crippen molar-refractivity contribution in [2.24, 2.45) is 0 Å². The van der Waals surface area contributed by atoms with Crippen LogP contribution in [0.15, 0.2) is 41.3 Å². The average Bonchev–Trinajstić information content (AvgIpc) is 2.96. The van der Waals surface area contributed by atoms with Gasteiger partial charge in [0.25, 0.3) is 0 Å². The van der Waals surface area contributed by atoms with Crippen molar-refractivity contribution in [3.8, 4) is 5.75 Å². The topological polar surface area (TPSA) is 75.6 Å². The highest BCUT2D eigenvalue weighted by Gasteiger charge is 2.14. The van der Waals surface area contributed by atoms with Crippen LogP contribution in [0.5, 0.6) is 5.75 Å². The fourth-order valence-electron chi connectivity index (χ4n) is 1.91. The molecule has 120 valence electrons. The molecule has 0 radical (unpaired) electrons. The summed E-state index contributed by atoms with van der Waals surface area (Å²) in [5.41, 5.74) is 0. The molecule has 0 saturated carbocycles. The molecule has 1 aromatic heterocycles. The first kappa shape index (κ1) is 17.0. The Bertz CT molecular complexity index is 723. The van der Waals surface area contributed by atoms with Gasteiger partial charge in [0.15, 0.2) is 0 Å². The number of hydrogen-bond donors (Lipinski definition) is 2. The Morgan fingerprint density at radius 2 is 2.09 bits per heavy atom. The maximum absolute atomic E-state index is 12.2. The average molecular weight is 341 g/mol. The third-order valence-corrected chi connectivity index (χ3v) is 5.88. The molecule has 0 aliphatic rings. The number of benzene rings is 1. The number of sulfonamides is 1. The number of ether oxygens (including phenoxy) is 1. The number of methoxy groups -OCH3 is 1. The maximum atomic E-state index is 12.2. The second-order valence-electron chi connectivity index (χ2n) is 4.81. The van der Waals surface area contributed by atoms with Crippen LogP contribution in [0.2, 0.25) is 0 Å². The van der Waals surface area contributed by atoms with Crippen LogP contribution in [0.4, 0.5) is 0 Å². The Kier molecular flexibility index (Phi) is 5.57. The van der Waals surface area contributed by atoms with Gasteiger partial charge in [-0.1, -0.05) is 6.07 Å². The van der Waals surface area contributed by atoms with Crippen molar-refractivity contribution >= 4 is 21.4 Å².